The average Bonchev–Trinajstić information content (AvgIpc) is 2.67. The predicted molar refractivity (Wildman–Crippen MR) is 68.4 cm³/mol. The van der Waals surface area contributed by atoms with Crippen LogP contribution in [0.15, 0.2) is 35.7 Å². The number of nitrogen functional groups attached to an aromatic ring is 1. The Morgan fingerprint density at radius 1 is 1.44 bits per heavy atom. The van der Waals surface area contributed by atoms with Crippen LogP contribution < -0.4 is 5.73 Å². The molecule has 16 heavy (non-hydrogen) atoms. The maximum atomic E-state index is 5.87. The first-order chi connectivity index (χ1) is 7.68. The van der Waals surface area contributed by atoms with E-state index in [0.717, 1.165) is 16.6 Å². The number of nitrogens with two attached hydrogens (primary N) is 1. The summed E-state index contributed by atoms with van der Waals surface area (Å²) in [4.78, 5) is 4.28. The quantitative estimate of drug-likeness (QED) is 0.654. The molecular weight excluding hydrogens is 218 g/mol. The van der Waals surface area contributed by atoms with Crippen molar-refractivity contribution in [2.24, 2.45) is 7.05 Å². The second-order valence-electron chi connectivity index (χ2n) is 3.74. The topological polar surface area (TPSA) is 43.8 Å². The van der Waals surface area contributed by atoms with E-state index < -0.39 is 0 Å². The van der Waals surface area contributed by atoms with Gasteiger partial charge in [0.2, 0.25) is 0 Å². The van der Waals surface area contributed by atoms with E-state index in [1.807, 2.05) is 36.1 Å². The maximum Gasteiger partial charge on any atom is 0.167 e. The number of anilines is 1. The Morgan fingerprint density at radius 2 is 2.25 bits per heavy atom. The van der Waals surface area contributed by atoms with Crippen LogP contribution in [0, 0.1) is 6.92 Å². The second kappa shape index (κ2) is 4.61. The van der Waals surface area contributed by atoms with Crippen LogP contribution in [0.5, 0.6) is 0 Å². The number of benzene rings is 1. The van der Waals surface area contributed by atoms with Crippen molar-refractivity contribution < 1.29 is 0 Å². The lowest BCUT2D eigenvalue weighted by Crippen LogP contribution is -1.95. The molecular formula is C12H15N3S. The van der Waals surface area contributed by atoms with Crippen molar-refractivity contribution in [1.82, 2.24) is 9.55 Å². The molecule has 0 fully saturated rings. The zero-order valence-electron chi connectivity index (χ0n) is 9.47. The van der Waals surface area contributed by atoms with Crippen LogP contribution in [-0.4, -0.2) is 9.55 Å². The fourth-order valence-electron chi connectivity index (χ4n) is 1.49. The molecule has 0 bridgehead atoms. The van der Waals surface area contributed by atoms with Crippen LogP contribution in [0.4, 0.5) is 5.69 Å². The highest BCUT2D eigenvalue weighted by Gasteiger charge is 2.04. The number of aromatic nitrogens is 2. The number of rotatable bonds is 3. The van der Waals surface area contributed by atoms with Crippen molar-refractivity contribution >= 4 is 17.4 Å². The number of imidazole rings is 1. The maximum absolute atomic E-state index is 5.87. The molecule has 1 aromatic heterocycles. The van der Waals surface area contributed by atoms with Crippen molar-refractivity contribution in [3.05, 3.63) is 41.7 Å². The summed E-state index contributed by atoms with van der Waals surface area (Å²) in [6.07, 6.45) is 3.77. The third-order valence-corrected chi connectivity index (χ3v) is 3.73. The van der Waals surface area contributed by atoms with Gasteiger partial charge in [-0.25, -0.2) is 4.98 Å². The van der Waals surface area contributed by atoms with Gasteiger partial charge in [-0.3, -0.25) is 0 Å². The Bertz CT molecular complexity index is 491. The third kappa shape index (κ3) is 2.22. The van der Waals surface area contributed by atoms with Gasteiger partial charge < -0.3 is 10.3 Å². The Labute approximate surface area is 99.7 Å². The first-order valence-electron chi connectivity index (χ1n) is 5.12. The highest BCUT2D eigenvalue weighted by Crippen LogP contribution is 2.24. The Balaban J connectivity index is 2.11. The zero-order chi connectivity index (χ0) is 11.5. The molecule has 3 nitrogen and oxygen atoms in total. The molecule has 1 aromatic carbocycles. The van der Waals surface area contributed by atoms with E-state index in [9.17, 15) is 0 Å². The Hall–Kier alpha value is -1.42. The molecule has 0 saturated carbocycles. The predicted octanol–water partition coefficient (Wildman–Crippen LogP) is 2.60. The minimum atomic E-state index is 0.859. The third-order valence-electron chi connectivity index (χ3n) is 2.62. The van der Waals surface area contributed by atoms with Crippen LogP contribution in [0.2, 0.25) is 0 Å². The number of nitrogens with zero attached hydrogens (tertiary/aromatic N) is 2. The summed E-state index contributed by atoms with van der Waals surface area (Å²) in [5, 5.41) is 1.03. The molecule has 2 N–H and O–H groups in total. The summed E-state index contributed by atoms with van der Waals surface area (Å²) in [5.41, 5.74) is 9.17. The number of thioether (sulfide) groups is 1. The van der Waals surface area contributed by atoms with E-state index in [-0.39, 0.29) is 0 Å². The van der Waals surface area contributed by atoms with Crippen molar-refractivity contribution in [2.75, 3.05) is 5.73 Å². The lowest BCUT2D eigenvalue weighted by Gasteiger charge is -2.07. The summed E-state index contributed by atoms with van der Waals surface area (Å²) in [5.74, 6) is 0.904. The molecule has 2 aromatic rings. The molecule has 0 amide bonds. The number of hydrogen-bond acceptors (Lipinski definition) is 3. The molecule has 84 valence electrons. The van der Waals surface area contributed by atoms with E-state index in [1.165, 1.54) is 11.1 Å². The smallest absolute Gasteiger partial charge is 0.167 e. The summed E-state index contributed by atoms with van der Waals surface area (Å²) in [7, 11) is 2.00. The zero-order valence-corrected chi connectivity index (χ0v) is 10.3. The molecule has 2 rings (SSSR count). The van der Waals surface area contributed by atoms with Gasteiger partial charge in [-0.2, -0.15) is 0 Å². The van der Waals surface area contributed by atoms with Crippen LogP contribution in [-0.2, 0) is 12.8 Å². The van der Waals surface area contributed by atoms with Gasteiger partial charge in [-0.05, 0) is 24.1 Å². The molecule has 0 saturated heterocycles. The standard InChI is InChI=1S/C12H15N3S/c1-9-10(4-3-5-11(9)13)8-16-12-14-6-7-15(12)2/h3-7H,8,13H2,1-2H3. The van der Waals surface area contributed by atoms with E-state index in [2.05, 4.69) is 18.0 Å². The van der Waals surface area contributed by atoms with Gasteiger partial charge in [0.05, 0.1) is 0 Å². The number of aryl methyl sites for hydroxylation is 1. The van der Waals surface area contributed by atoms with Gasteiger partial charge >= 0.3 is 0 Å². The van der Waals surface area contributed by atoms with Crippen LogP contribution in [0.3, 0.4) is 0 Å². The molecule has 4 heteroatoms. The Kier molecular flexibility index (Phi) is 3.19. The number of hydrogen-bond donors (Lipinski definition) is 1. The normalized spacial score (nSPS) is 10.6. The minimum Gasteiger partial charge on any atom is -0.399 e. The summed E-state index contributed by atoms with van der Waals surface area (Å²) >= 11 is 1.73. The van der Waals surface area contributed by atoms with Gasteiger partial charge in [0.25, 0.3) is 0 Å². The van der Waals surface area contributed by atoms with E-state index >= 15 is 0 Å². The van der Waals surface area contributed by atoms with Crippen molar-refractivity contribution in [2.45, 2.75) is 17.8 Å². The average molecular weight is 233 g/mol. The lowest BCUT2D eigenvalue weighted by molar-refractivity contribution is 0.790. The van der Waals surface area contributed by atoms with Crippen molar-refractivity contribution in [1.29, 1.82) is 0 Å². The summed E-state index contributed by atoms with van der Waals surface area (Å²) < 4.78 is 2.02. The first kappa shape index (κ1) is 11.1. The molecule has 0 unspecified atom stereocenters. The summed E-state index contributed by atoms with van der Waals surface area (Å²) in [6.45, 7) is 2.06. The molecule has 0 aliphatic carbocycles. The molecule has 0 radical (unpaired) electrons. The van der Waals surface area contributed by atoms with Crippen LogP contribution in [0.1, 0.15) is 11.1 Å². The van der Waals surface area contributed by atoms with E-state index in [4.69, 9.17) is 5.73 Å². The van der Waals surface area contributed by atoms with E-state index in [0.29, 0.717) is 0 Å². The second-order valence-corrected chi connectivity index (χ2v) is 4.68. The summed E-state index contributed by atoms with van der Waals surface area (Å²) in [6, 6.07) is 6.04. The van der Waals surface area contributed by atoms with Crippen LogP contribution >= 0.6 is 11.8 Å². The Morgan fingerprint density at radius 3 is 2.94 bits per heavy atom. The molecule has 0 spiro atoms. The van der Waals surface area contributed by atoms with Gasteiger partial charge in [0, 0.05) is 30.9 Å². The monoisotopic (exact) mass is 233 g/mol. The van der Waals surface area contributed by atoms with Gasteiger partial charge in [-0.1, -0.05) is 23.9 Å². The molecule has 0 atom stereocenters. The molecule has 0 aliphatic heterocycles. The van der Waals surface area contributed by atoms with E-state index in [1.54, 1.807) is 11.8 Å². The highest BCUT2D eigenvalue weighted by molar-refractivity contribution is 7.98. The molecule has 0 aliphatic rings. The molecule has 1 heterocycles. The fraction of sp³-hybridized carbons (Fsp3) is 0.250. The van der Waals surface area contributed by atoms with Crippen LogP contribution in [0.25, 0.3) is 0 Å². The van der Waals surface area contributed by atoms with Gasteiger partial charge in [0.1, 0.15) is 0 Å². The van der Waals surface area contributed by atoms with Gasteiger partial charge in [-0.15, -0.1) is 0 Å². The lowest BCUT2D eigenvalue weighted by atomic mass is 10.1. The largest absolute Gasteiger partial charge is 0.399 e. The SMILES string of the molecule is Cc1c(N)cccc1CSc1nccn1C. The van der Waals surface area contributed by atoms with Crippen molar-refractivity contribution in [3.8, 4) is 0 Å². The highest BCUT2D eigenvalue weighted by atomic mass is 32.2. The van der Waals surface area contributed by atoms with Crippen molar-refractivity contribution in [3.63, 3.8) is 0 Å². The minimum absolute atomic E-state index is 0.859. The van der Waals surface area contributed by atoms with Gasteiger partial charge in [0.15, 0.2) is 5.16 Å². The first-order valence-corrected chi connectivity index (χ1v) is 6.11. The fourth-order valence-corrected chi connectivity index (χ4v) is 2.49.